The van der Waals surface area contributed by atoms with Gasteiger partial charge in [0.15, 0.2) is 0 Å². The van der Waals surface area contributed by atoms with Crippen molar-refractivity contribution in [3.8, 4) is 0 Å². The summed E-state index contributed by atoms with van der Waals surface area (Å²) in [4.78, 5) is 2.55. The maximum atomic E-state index is 2.55. The first-order chi connectivity index (χ1) is 5.12. The number of hydrogen-bond acceptors (Lipinski definition) is 1. The fourth-order valence-corrected chi connectivity index (χ4v) is 1.94. The maximum Gasteiger partial charge on any atom is 0.0210 e. The zero-order valence-corrected chi connectivity index (χ0v) is 8.35. The van der Waals surface area contributed by atoms with Crippen molar-refractivity contribution in [1.82, 2.24) is 4.90 Å². The summed E-state index contributed by atoms with van der Waals surface area (Å²) in [5.41, 5.74) is 0.614. The van der Waals surface area contributed by atoms with Crippen molar-refractivity contribution >= 4 is 0 Å². The normalized spacial score (nSPS) is 21.3. The van der Waals surface area contributed by atoms with Gasteiger partial charge in [-0.25, -0.2) is 0 Å². The minimum atomic E-state index is 0.614. The van der Waals surface area contributed by atoms with Crippen molar-refractivity contribution in [1.29, 1.82) is 0 Å². The molecule has 1 heteroatoms. The van der Waals surface area contributed by atoms with Crippen molar-refractivity contribution in [2.45, 2.75) is 58.0 Å². The summed E-state index contributed by atoms with van der Waals surface area (Å²) in [6.45, 7) is 6.86. The molecule has 0 atom stereocenters. The van der Waals surface area contributed by atoms with Crippen LogP contribution in [-0.4, -0.2) is 23.5 Å². The number of rotatable bonds is 4. The Morgan fingerprint density at radius 1 is 1.36 bits per heavy atom. The highest BCUT2D eigenvalue weighted by Crippen LogP contribution is 2.45. The van der Waals surface area contributed by atoms with E-state index in [-0.39, 0.29) is 0 Å². The van der Waals surface area contributed by atoms with E-state index >= 15 is 0 Å². The number of hydrogen-bond donors (Lipinski definition) is 0. The SMILES string of the molecule is CCCC1(N(C)C(C)C)CC1. The molecule has 1 aliphatic carbocycles. The van der Waals surface area contributed by atoms with Gasteiger partial charge in [0.1, 0.15) is 0 Å². The van der Waals surface area contributed by atoms with E-state index in [0.29, 0.717) is 11.6 Å². The molecule has 0 spiro atoms. The summed E-state index contributed by atoms with van der Waals surface area (Å²) in [6, 6.07) is 0.712. The topological polar surface area (TPSA) is 3.24 Å². The monoisotopic (exact) mass is 155 g/mol. The van der Waals surface area contributed by atoms with Crippen LogP contribution in [0.2, 0.25) is 0 Å². The highest BCUT2D eigenvalue weighted by atomic mass is 15.2. The zero-order chi connectivity index (χ0) is 8.48. The highest BCUT2D eigenvalue weighted by molar-refractivity contribution is 5.02. The Kier molecular flexibility index (Phi) is 2.58. The van der Waals surface area contributed by atoms with Crippen LogP contribution >= 0.6 is 0 Å². The van der Waals surface area contributed by atoms with Gasteiger partial charge in [-0.15, -0.1) is 0 Å². The first-order valence-corrected chi connectivity index (χ1v) is 4.85. The van der Waals surface area contributed by atoms with E-state index in [9.17, 15) is 0 Å². The first kappa shape index (κ1) is 9.05. The lowest BCUT2D eigenvalue weighted by Crippen LogP contribution is -2.38. The Balaban J connectivity index is 2.44. The minimum Gasteiger partial charge on any atom is -0.298 e. The molecule has 0 radical (unpaired) electrons. The van der Waals surface area contributed by atoms with Gasteiger partial charge in [0, 0.05) is 11.6 Å². The largest absolute Gasteiger partial charge is 0.298 e. The minimum absolute atomic E-state index is 0.614. The Morgan fingerprint density at radius 2 is 1.91 bits per heavy atom. The Hall–Kier alpha value is -0.0400. The van der Waals surface area contributed by atoms with Crippen molar-refractivity contribution in [3.05, 3.63) is 0 Å². The third-order valence-electron chi connectivity index (χ3n) is 3.07. The van der Waals surface area contributed by atoms with Gasteiger partial charge in [-0.05, 0) is 40.2 Å². The molecule has 0 aliphatic heterocycles. The fourth-order valence-electron chi connectivity index (χ4n) is 1.94. The van der Waals surface area contributed by atoms with E-state index < -0.39 is 0 Å². The smallest absolute Gasteiger partial charge is 0.0210 e. The van der Waals surface area contributed by atoms with Crippen molar-refractivity contribution in [2.24, 2.45) is 0 Å². The molecule has 0 aromatic carbocycles. The van der Waals surface area contributed by atoms with E-state index in [4.69, 9.17) is 0 Å². The van der Waals surface area contributed by atoms with Gasteiger partial charge in [-0.3, -0.25) is 4.90 Å². The maximum absolute atomic E-state index is 2.55. The zero-order valence-electron chi connectivity index (χ0n) is 8.35. The van der Waals surface area contributed by atoms with Crippen LogP contribution in [0.4, 0.5) is 0 Å². The van der Waals surface area contributed by atoms with Gasteiger partial charge in [-0.1, -0.05) is 13.3 Å². The van der Waals surface area contributed by atoms with Crippen LogP contribution in [0.15, 0.2) is 0 Å². The van der Waals surface area contributed by atoms with Gasteiger partial charge >= 0.3 is 0 Å². The average molecular weight is 155 g/mol. The standard InChI is InChI=1S/C10H21N/c1-5-6-10(7-8-10)11(4)9(2)3/h9H,5-8H2,1-4H3. The van der Waals surface area contributed by atoms with E-state index in [1.165, 1.54) is 25.7 Å². The second-order valence-corrected chi connectivity index (χ2v) is 4.18. The molecule has 0 aromatic rings. The lowest BCUT2D eigenvalue weighted by molar-refractivity contribution is 0.165. The third-order valence-corrected chi connectivity index (χ3v) is 3.07. The molecule has 0 aromatic heterocycles. The van der Waals surface area contributed by atoms with Crippen LogP contribution in [0.1, 0.15) is 46.5 Å². The van der Waals surface area contributed by atoms with Gasteiger partial charge in [0.25, 0.3) is 0 Å². The summed E-state index contributed by atoms with van der Waals surface area (Å²) >= 11 is 0. The molecule has 0 saturated heterocycles. The second-order valence-electron chi connectivity index (χ2n) is 4.18. The molecule has 11 heavy (non-hydrogen) atoms. The molecule has 1 nitrogen and oxygen atoms in total. The van der Waals surface area contributed by atoms with Crippen LogP contribution < -0.4 is 0 Å². The molecule has 1 aliphatic rings. The quantitative estimate of drug-likeness (QED) is 0.603. The summed E-state index contributed by atoms with van der Waals surface area (Å²) < 4.78 is 0. The van der Waals surface area contributed by atoms with Crippen LogP contribution in [0.25, 0.3) is 0 Å². The Labute approximate surface area is 70.8 Å². The van der Waals surface area contributed by atoms with Crippen molar-refractivity contribution < 1.29 is 0 Å². The van der Waals surface area contributed by atoms with E-state index in [0.717, 1.165) is 0 Å². The molecule has 0 N–H and O–H groups in total. The second kappa shape index (κ2) is 3.14. The molecular formula is C10H21N. The van der Waals surface area contributed by atoms with Crippen LogP contribution in [-0.2, 0) is 0 Å². The Morgan fingerprint density at radius 3 is 2.18 bits per heavy atom. The summed E-state index contributed by atoms with van der Waals surface area (Å²) in [7, 11) is 2.27. The van der Waals surface area contributed by atoms with E-state index in [1.807, 2.05) is 0 Å². The molecular weight excluding hydrogens is 134 g/mol. The molecule has 0 bridgehead atoms. The van der Waals surface area contributed by atoms with Crippen molar-refractivity contribution in [3.63, 3.8) is 0 Å². The molecule has 0 unspecified atom stereocenters. The summed E-state index contributed by atoms with van der Waals surface area (Å²) in [5.74, 6) is 0. The van der Waals surface area contributed by atoms with Crippen LogP contribution in [0.5, 0.6) is 0 Å². The van der Waals surface area contributed by atoms with Crippen molar-refractivity contribution in [2.75, 3.05) is 7.05 Å². The molecule has 0 heterocycles. The van der Waals surface area contributed by atoms with Crippen LogP contribution in [0, 0.1) is 0 Å². The van der Waals surface area contributed by atoms with Gasteiger partial charge in [0.2, 0.25) is 0 Å². The molecule has 1 fully saturated rings. The number of nitrogens with zero attached hydrogens (tertiary/aromatic N) is 1. The fraction of sp³-hybridized carbons (Fsp3) is 1.00. The molecule has 1 rings (SSSR count). The van der Waals surface area contributed by atoms with E-state index in [1.54, 1.807) is 0 Å². The van der Waals surface area contributed by atoms with Gasteiger partial charge < -0.3 is 0 Å². The predicted octanol–water partition coefficient (Wildman–Crippen LogP) is 2.66. The predicted molar refractivity (Wildman–Crippen MR) is 49.8 cm³/mol. The van der Waals surface area contributed by atoms with Gasteiger partial charge in [0.05, 0.1) is 0 Å². The first-order valence-electron chi connectivity index (χ1n) is 4.85. The third kappa shape index (κ3) is 1.76. The summed E-state index contributed by atoms with van der Waals surface area (Å²) in [5, 5.41) is 0. The summed E-state index contributed by atoms with van der Waals surface area (Å²) in [6.07, 6.45) is 5.57. The average Bonchev–Trinajstić information content (AvgIpc) is 2.69. The van der Waals surface area contributed by atoms with E-state index in [2.05, 4.69) is 32.7 Å². The molecule has 1 saturated carbocycles. The Bertz CT molecular complexity index is 125. The lowest BCUT2D eigenvalue weighted by atomic mass is 10.1. The molecule has 66 valence electrons. The molecule has 0 amide bonds. The highest BCUT2D eigenvalue weighted by Gasteiger charge is 2.45. The lowest BCUT2D eigenvalue weighted by Gasteiger charge is -2.31. The van der Waals surface area contributed by atoms with Gasteiger partial charge in [-0.2, -0.15) is 0 Å². The van der Waals surface area contributed by atoms with Crippen LogP contribution in [0.3, 0.4) is 0 Å².